The number of piperidine rings is 1. The summed E-state index contributed by atoms with van der Waals surface area (Å²) in [5.74, 6) is -0.156. The standard InChI is InChI=1S/C19H21ClFN3S/c1-13-17-10-22-12-24(19(17)25-18(13)20)16-5-7-23(8-6-16)11-14-3-2-4-15(21)9-14/h2-4,9-10,16H,5-8,11-12H2,1H3. The van der Waals surface area contributed by atoms with Gasteiger partial charge < -0.3 is 4.90 Å². The molecule has 0 atom stereocenters. The molecular weight excluding hydrogens is 357 g/mol. The molecule has 0 bridgehead atoms. The number of thiophene rings is 1. The highest BCUT2D eigenvalue weighted by atomic mass is 35.5. The lowest BCUT2D eigenvalue weighted by atomic mass is 10.0. The summed E-state index contributed by atoms with van der Waals surface area (Å²) in [6, 6.07) is 7.41. The number of nitrogens with zero attached hydrogens (tertiary/aromatic N) is 3. The smallest absolute Gasteiger partial charge is 0.123 e. The highest BCUT2D eigenvalue weighted by molar-refractivity contribution is 7.20. The second kappa shape index (κ2) is 7.06. The second-order valence-corrected chi connectivity index (χ2v) is 8.38. The van der Waals surface area contributed by atoms with Gasteiger partial charge in [0.15, 0.2) is 0 Å². The molecule has 0 N–H and O–H groups in total. The monoisotopic (exact) mass is 377 g/mol. The molecule has 3 heterocycles. The number of hydrogen-bond acceptors (Lipinski definition) is 4. The molecule has 1 saturated heterocycles. The average Bonchev–Trinajstić information content (AvgIpc) is 2.90. The molecular formula is C19H21ClFN3S. The predicted molar refractivity (Wildman–Crippen MR) is 104 cm³/mol. The third-order valence-electron chi connectivity index (χ3n) is 5.12. The molecule has 25 heavy (non-hydrogen) atoms. The van der Waals surface area contributed by atoms with Gasteiger partial charge in [0.05, 0.1) is 4.34 Å². The fraction of sp³-hybridized carbons (Fsp3) is 0.421. The molecule has 2 aromatic rings. The van der Waals surface area contributed by atoms with Crippen LogP contribution >= 0.6 is 22.9 Å². The normalized spacial score (nSPS) is 18.6. The summed E-state index contributed by atoms with van der Waals surface area (Å²) in [6.07, 6.45) is 4.15. The summed E-state index contributed by atoms with van der Waals surface area (Å²) in [5, 5.41) is 1.26. The van der Waals surface area contributed by atoms with Crippen LogP contribution in [-0.2, 0) is 6.54 Å². The van der Waals surface area contributed by atoms with Crippen molar-refractivity contribution in [2.75, 3.05) is 24.7 Å². The summed E-state index contributed by atoms with van der Waals surface area (Å²) in [4.78, 5) is 9.36. The van der Waals surface area contributed by atoms with E-state index in [-0.39, 0.29) is 5.82 Å². The highest BCUT2D eigenvalue weighted by Crippen LogP contribution is 2.41. The number of likely N-dealkylation sites (tertiary alicyclic amines) is 1. The number of halogens is 2. The van der Waals surface area contributed by atoms with E-state index in [1.807, 2.05) is 12.3 Å². The molecule has 1 aromatic heterocycles. The summed E-state index contributed by atoms with van der Waals surface area (Å²) in [6.45, 7) is 5.65. The van der Waals surface area contributed by atoms with Crippen molar-refractivity contribution in [1.29, 1.82) is 0 Å². The predicted octanol–water partition coefficient (Wildman–Crippen LogP) is 4.71. The van der Waals surface area contributed by atoms with Crippen LogP contribution in [0.4, 0.5) is 9.39 Å². The van der Waals surface area contributed by atoms with Gasteiger partial charge in [-0.1, -0.05) is 23.7 Å². The molecule has 2 aliphatic rings. The Bertz CT molecular complexity index is 796. The van der Waals surface area contributed by atoms with Crippen LogP contribution in [0.25, 0.3) is 0 Å². The first kappa shape index (κ1) is 17.0. The maximum absolute atomic E-state index is 13.4. The molecule has 0 aliphatic carbocycles. The van der Waals surface area contributed by atoms with Crippen molar-refractivity contribution in [2.24, 2.45) is 4.99 Å². The highest BCUT2D eigenvalue weighted by Gasteiger charge is 2.29. The number of benzene rings is 1. The summed E-state index contributed by atoms with van der Waals surface area (Å²) in [5.41, 5.74) is 3.37. The molecule has 6 heteroatoms. The van der Waals surface area contributed by atoms with Crippen LogP contribution in [0.1, 0.15) is 29.5 Å². The van der Waals surface area contributed by atoms with Gasteiger partial charge >= 0.3 is 0 Å². The Morgan fingerprint density at radius 1 is 1.32 bits per heavy atom. The Morgan fingerprint density at radius 2 is 2.12 bits per heavy atom. The molecule has 3 nitrogen and oxygen atoms in total. The summed E-state index contributed by atoms with van der Waals surface area (Å²) >= 11 is 8.01. The van der Waals surface area contributed by atoms with E-state index < -0.39 is 0 Å². The van der Waals surface area contributed by atoms with Crippen LogP contribution in [-0.4, -0.2) is 36.9 Å². The fourth-order valence-electron chi connectivity index (χ4n) is 3.70. The lowest BCUT2D eigenvalue weighted by molar-refractivity contribution is 0.201. The third-order valence-corrected chi connectivity index (χ3v) is 6.77. The van der Waals surface area contributed by atoms with Gasteiger partial charge in [0.25, 0.3) is 0 Å². The van der Waals surface area contributed by atoms with Crippen LogP contribution < -0.4 is 4.90 Å². The second-order valence-electron chi connectivity index (χ2n) is 6.78. The zero-order chi connectivity index (χ0) is 17.4. The van der Waals surface area contributed by atoms with Crippen LogP contribution in [0.5, 0.6) is 0 Å². The molecule has 1 aromatic carbocycles. The Balaban J connectivity index is 1.41. The van der Waals surface area contributed by atoms with Crippen molar-refractivity contribution in [3.8, 4) is 0 Å². The van der Waals surface area contributed by atoms with Crippen molar-refractivity contribution in [3.05, 3.63) is 51.1 Å². The molecule has 1 fully saturated rings. The van der Waals surface area contributed by atoms with Gasteiger partial charge in [-0.3, -0.25) is 9.89 Å². The van der Waals surface area contributed by atoms with Gasteiger partial charge in [-0.2, -0.15) is 0 Å². The lowest BCUT2D eigenvalue weighted by Gasteiger charge is -2.39. The van der Waals surface area contributed by atoms with Crippen molar-refractivity contribution in [1.82, 2.24) is 4.90 Å². The van der Waals surface area contributed by atoms with Crippen LogP contribution in [0, 0.1) is 12.7 Å². The quantitative estimate of drug-likeness (QED) is 0.771. The minimum Gasteiger partial charge on any atom is -0.340 e. The Hall–Kier alpha value is -1.43. The molecule has 0 amide bonds. The van der Waals surface area contributed by atoms with Gasteiger partial charge in [0.2, 0.25) is 0 Å². The van der Waals surface area contributed by atoms with E-state index in [9.17, 15) is 4.39 Å². The molecule has 0 spiro atoms. The molecule has 4 rings (SSSR count). The zero-order valence-electron chi connectivity index (χ0n) is 14.2. The van der Waals surface area contributed by atoms with E-state index >= 15 is 0 Å². The van der Waals surface area contributed by atoms with E-state index in [0.29, 0.717) is 6.04 Å². The number of hydrogen-bond donors (Lipinski definition) is 0. The number of rotatable bonds is 3. The molecule has 0 radical (unpaired) electrons. The van der Waals surface area contributed by atoms with Gasteiger partial charge in [0.1, 0.15) is 17.5 Å². The van der Waals surface area contributed by atoms with Gasteiger partial charge in [-0.15, -0.1) is 11.3 Å². The Morgan fingerprint density at radius 3 is 2.88 bits per heavy atom. The largest absolute Gasteiger partial charge is 0.340 e. The van der Waals surface area contributed by atoms with Crippen molar-refractivity contribution in [2.45, 2.75) is 32.4 Å². The molecule has 2 aliphatic heterocycles. The first-order valence-corrected chi connectivity index (χ1v) is 9.83. The zero-order valence-corrected chi connectivity index (χ0v) is 15.8. The topological polar surface area (TPSA) is 18.8 Å². The van der Waals surface area contributed by atoms with E-state index in [1.165, 1.54) is 16.6 Å². The minimum absolute atomic E-state index is 0.156. The maximum Gasteiger partial charge on any atom is 0.123 e. The fourth-order valence-corrected chi connectivity index (χ4v) is 5.09. The lowest BCUT2D eigenvalue weighted by Crippen LogP contribution is -2.45. The molecule has 0 unspecified atom stereocenters. The average molecular weight is 378 g/mol. The van der Waals surface area contributed by atoms with Crippen LogP contribution in [0.2, 0.25) is 4.34 Å². The van der Waals surface area contributed by atoms with E-state index in [1.54, 1.807) is 23.5 Å². The Labute approximate surface area is 156 Å². The summed E-state index contributed by atoms with van der Waals surface area (Å²) in [7, 11) is 0. The molecule has 0 saturated carbocycles. The van der Waals surface area contributed by atoms with E-state index in [0.717, 1.165) is 54.6 Å². The van der Waals surface area contributed by atoms with Gasteiger partial charge in [-0.05, 0) is 43.0 Å². The minimum atomic E-state index is -0.156. The van der Waals surface area contributed by atoms with Gasteiger partial charge in [-0.25, -0.2) is 4.39 Å². The molecule has 132 valence electrons. The van der Waals surface area contributed by atoms with E-state index in [4.69, 9.17) is 11.6 Å². The van der Waals surface area contributed by atoms with Gasteiger partial charge in [0, 0.05) is 37.5 Å². The SMILES string of the molecule is Cc1c(Cl)sc2c1C=NCN2C1CCN(Cc2cccc(F)c2)CC1. The number of aliphatic imine (C=N–C) groups is 1. The van der Waals surface area contributed by atoms with Crippen LogP contribution in [0.3, 0.4) is 0 Å². The number of fused-ring (bicyclic) bond motifs is 1. The van der Waals surface area contributed by atoms with E-state index in [2.05, 4.69) is 21.7 Å². The van der Waals surface area contributed by atoms with Crippen molar-refractivity contribution >= 4 is 34.2 Å². The van der Waals surface area contributed by atoms with Crippen LogP contribution in [0.15, 0.2) is 29.3 Å². The van der Waals surface area contributed by atoms with Crippen molar-refractivity contribution in [3.63, 3.8) is 0 Å². The number of anilines is 1. The Kier molecular flexibility index (Phi) is 4.80. The summed E-state index contributed by atoms with van der Waals surface area (Å²) < 4.78 is 14.2. The third kappa shape index (κ3) is 3.46. The maximum atomic E-state index is 13.4. The first-order valence-electron chi connectivity index (χ1n) is 8.64. The van der Waals surface area contributed by atoms with Crippen molar-refractivity contribution < 1.29 is 4.39 Å². The first-order chi connectivity index (χ1) is 12.1.